The second kappa shape index (κ2) is 7.43. The van der Waals surface area contributed by atoms with E-state index >= 15 is 0 Å². The highest BCUT2D eigenvalue weighted by Gasteiger charge is 2.20. The van der Waals surface area contributed by atoms with Crippen molar-refractivity contribution in [3.05, 3.63) is 56.5 Å². The summed E-state index contributed by atoms with van der Waals surface area (Å²) in [6.07, 6.45) is -0.856. The fourth-order valence-corrected chi connectivity index (χ4v) is 2.52. The number of aryl methyl sites for hydroxylation is 2. The Morgan fingerprint density at radius 1 is 0.957 bits per heavy atom. The second-order valence-corrected chi connectivity index (χ2v) is 6.37. The summed E-state index contributed by atoms with van der Waals surface area (Å²) in [6, 6.07) is 8.48. The number of ether oxygens (including phenoxy) is 2. The van der Waals surface area contributed by atoms with Crippen molar-refractivity contribution in [1.29, 1.82) is 0 Å². The largest absolute Gasteiger partial charge is 0.477 e. The Morgan fingerprint density at radius 2 is 1.61 bits per heavy atom. The van der Waals surface area contributed by atoms with Crippen molar-refractivity contribution in [2.45, 2.75) is 26.9 Å². The molecule has 0 fully saturated rings. The minimum Gasteiger partial charge on any atom is -0.477 e. The summed E-state index contributed by atoms with van der Waals surface area (Å²) >= 11 is 17.8. The lowest BCUT2D eigenvalue weighted by Crippen LogP contribution is -2.28. The van der Waals surface area contributed by atoms with E-state index in [-0.39, 0.29) is 10.8 Å². The Bertz CT molecular complexity index is 744. The van der Waals surface area contributed by atoms with Crippen LogP contribution in [0, 0.1) is 13.8 Å². The minimum absolute atomic E-state index is 0.269. The summed E-state index contributed by atoms with van der Waals surface area (Å²) in [7, 11) is 0. The van der Waals surface area contributed by atoms with Gasteiger partial charge in [-0.25, -0.2) is 4.79 Å². The van der Waals surface area contributed by atoms with E-state index in [0.717, 1.165) is 11.1 Å². The number of hydrogen-bond donors (Lipinski definition) is 0. The smallest absolute Gasteiger partial charge is 0.352 e. The number of carbonyl (C=O) groups is 1. The molecule has 2 rings (SSSR count). The van der Waals surface area contributed by atoms with E-state index in [9.17, 15) is 4.79 Å². The van der Waals surface area contributed by atoms with Gasteiger partial charge in [-0.3, -0.25) is 0 Å². The first kappa shape index (κ1) is 17.9. The third-order valence-corrected chi connectivity index (χ3v) is 4.17. The monoisotopic (exact) mass is 372 g/mol. The SMILES string of the molecule is Cc1ccc(OC(=O)C(C)Oc2cc(Cl)c(Cl)cc2Cl)c(C)c1. The minimum atomic E-state index is -0.856. The van der Waals surface area contributed by atoms with Crippen LogP contribution in [0.3, 0.4) is 0 Å². The van der Waals surface area contributed by atoms with E-state index in [1.807, 2.05) is 26.0 Å². The van der Waals surface area contributed by atoms with Crippen molar-refractivity contribution in [2.24, 2.45) is 0 Å². The summed E-state index contributed by atoms with van der Waals surface area (Å²) in [4.78, 5) is 12.2. The Morgan fingerprint density at radius 3 is 2.26 bits per heavy atom. The van der Waals surface area contributed by atoms with Crippen LogP contribution in [0.1, 0.15) is 18.1 Å². The summed E-state index contributed by atoms with van der Waals surface area (Å²) in [5.41, 5.74) is 1.97. The highest BCUT2D eigenvalue weighted by atomic mass is 35.5. The first-order chi connectivity index (χ1) is 10.8. The van der Waals surface area contributed by atoms with Crippen LogP contribution in [0.5, 0.6) is 11.5 Å². The molecule has 0 aliphatic rings. The van der Waals surface area contributed by atoms with Crippen LogP contribution in [0.15, 0.2) is 30.3 Å². The molecule has 23 heavy (non-hydrogen) atoms. The third kappa shape index (κ3) is 4.54. The van der Waals surface area contributed by atoms with Crippen LogP contribution in [-0.4, -0.2) is 12.1 Å². The number of halogens is 3. The molecule has 0 N–H and O–H groups in total. The maximum absolute atomic E-state index is 12.2. The summed E-state index contributed by atoms with van der Waals surface area (Å²) in [5.74, 6) is 0.238. The van der Waals surface area contributed by atoms with Gasteiger partial charge in [-0.05, 0) is 38.5 Å². The van der Waals surface area contributed by atoms with Crippen molar-refractivity contribution < 1.29 is 14.3 Å². The fourth-order valence-electron chi connectivity index (χ4n) is 1.94. The van der Waals surface area contributed by atoms with Gasteiger partial charge in [0.1, 0.15) is 11.5 Å². The normalized spacial score (nSPS) is 11.9. The molecule has 0 saturated carbocycles. The van der Waals surface area contributed by atoms with Crippen LogP contribution in [0.2, 0.25) is 15.1 Å². The second-order valence-electron chi connectivity index (χ2n) is 5.15. The summed E-state index contributed by atoms with van der Waals surface area (Å²) < 4.78 is 10.9. The first-order valence-corrected chi connectivity index (χ1v) is 8.01. The molecule has 122 valence electrons. The molecule has 0 spiro atoms. The molecular weight excluding hydrogens is 359 g/mol. The van der Waals surface area contributed by atoms with E-state index in [4.69, 9.17) is 44.3 Å². The predicted octanol–water partition coefficient (Wildman–Crippen LogP) is 5.64. The zero-order valence-corrected chi connectivity index (χ0v) is 15.1. The zero-order chi connectivity index (χ0) is 17.1. The number of carbonyl (C=O) groups excluding carboxylic acids is 1. The molecule has 2 aromatic carbocycles. The molecule has 0 aliphatic heterocycles. The van der Waals surface area contributed by atoms with Crippen molar-refractivity contribution in [3.8, 4) is 11.5 Å². The van der Waals surface area contributed by atoms with E-state index in [1.54, 1.807) is 13.0 Å². The fraction of sp³-hybridized carbons (Fsp3) is 0.235. The molecule has 0 radical (unpaired) electrons. The quantitative estimate of drug-likeness (QED) is 0.395. The van der Waals surface area contributed by atoms with Crippen LogP contribution in [0.25, 0.3) is 0 Å². The lowest BCUT2D eigenvalue weighted by molar-refractivity contribution is -0.141. The van der Waals surface area contributed by atoms with Gasteiger partial charge in [-0.15, -0.1) is 0 Å². The number of benzene rings is 2. The predicted molar refractivity (Wildman–Crippen MR) is 93.1 cm³/mol. The zero-order valence-electron chi connectivity index (χ0n) is 12.8. The molecule has 1 unspecified atom stereocenters. The van der Waals surface area contributed by atoms with Gasteiger partial charge in [-0.2, -0.15) is 0 Å². The van der Waals surface area contributed by atoms with Gasteiger partial charge in [0.25, 0.3) is 0 Å². The first-order valence-electron chi connectivity index (χ1n) is 6.88. The lowest BCUT2D eigenvalue weighted by Gasteiger charge is -2.16. The van der Waals surface area contributed by atoms with Crippen LogP contribution in [-0.2, 0) is 4.79 Å². The van der Waals surface area contributed by atoms with Crippen molar-refractivity contribution in [1.82, 2.24) is 0 Å². The maximum Gasteiger partial charge on any atom is 0.352 e. The van der Waals surface area contributed by atoms with Crippen molar-refractivity contribution in [2.75, 3.05) is 0 Å². The molecular formula is C17H15Cl3O3. The van der Waals surface area contributed by atoms with Crippen molar-refractivity contribution in [3.63, 3.8) is 0 Å². The van der Waals surface area contributed by atoms with Crippen LogP contribution >= 0.6 is 34.8 Å². The summed E-state index contributed by atoms with van der Waals surface area (Å²) in [5, 5.41) is 0.876. The standard InChI is InChI=1S/C17H15Cl3O3/c1-9-4-5-15(10(2)6-9)23-17(21)11(3)22-16-8-13(19)12(18)7-14(16)20/h4-8,11H,1-3H3. The Kier molecular flexibility index (Phi) is 5.79. The lowest BCUT2D eigenvalue weighted by atomic mass is 10.1. The molecule has 0 aliphatic carbocycles. The molecule has 1 atom stereocenters. The Labute approximate surface area is 150 Å². The van der Waals surface area contributed by atoms with Gasteiger partial charge < -0.3 is 9.47 Å². The van der Waals surface area contributed by atoms with Crippen LogP contribution in [0.4, 0.5) is 0 Å². The molecule has 3 nitrogen and oxygen atoms in total. The van der Waals surface area contributed by atoms with Gasteiger partial charge >= 0.3 is 5.97 Å². The average Bonchev–Trinajstić information content (AvgIpc) is 2.47. The average molecular weight is 374 g/mol. The van der Waals surface area contributed by atoms with Gasteiger partial charge in [0.05, 0.1) is 15.1 Å². The third-order valence-electron chi connectivity index (χ3n) is 3.15. The highest BCUT2D eigenvalue weighted by molar-refractivity contribution is 6.43. The number of hydrogen-bond acceptors (Lipinski definition) is 3. The van der Waals surface area contributed by atoms with Gasteiger partial charge in [-0.1, -0.05) is 52.5 Å². The van der Waals surface area contributed by atoms with Crippen LogP contribution < -0.4 is 9.47 Å². The molecule has 0 bridgehead atoms. The van der Waals surface area contributed by atoms with Crippen molar-refractivity contribution >= 4 is 40.8 Å². The molecule has 6 heteroatoms. The molecule has 0 heterocycles. The summed E-state index contributed by atoms with van der Waals surface area (Å²) in [6.45, 7) is 5.41. The van der Waals surface area contributed by atoms with Gasteiger partial charge in [0.2, 0.25) is 0 Å². The van der Waals surface area contributed by atoms with Gasteiger partial charge in [0.15, 0.2) is 6.10 Å². The van der Waals surface area contributed by atoms with E-state index < -0.39 is 12.1 Å². The van der Waals surface area contributed by atoms with E-state index in [1.165, 1.54) is 12.1 Å². The number of rotatable bonds is 4. The topological polar surface area (TPSA) is 35.5 Å². The maximum atomic E-state index is 12.2. The van der Waals surface area contributed by atoms with E-state index in [0.29, 0.717) is 15.8 Å². The Hall–Kier alpha value is -1.42. The number of esters is 1. The van der Waals surface area contributed by atoms with E-state index in [2.05, 4.69) is 0 Å². The molecule has 0 amide bonds. The Balaban J connectivity index is 2.10. The van der Waals surface area contributed by atoms with Gasteiger partial charge in [0, 0.05) is 6.07 Å². The molecule has 0 saturated heterocycles. The highest BCUT2D eigenvalue weighted by Crippen LogP contribution is 2.34. The molecule has 0 aromatic heterocycles. The molecule has 2 aromatic rings.